The largest absolute Gasteiger partial charge is 0.347 e. The minimum Gasteiger partial charge on any atom is -0.347 e. The molecular formula is C18H16N4O3. The lowest BCUT2D eigenvalue weighted by molar-refractivity contribution is -0.384. The fraction of sp³-hybridized carbons (Fsp3) is 0.111. The third-order valence-corrected chi connectivity index (χ3v) is 4.15. The van der Waals surface area contributed by atoms with E-state index in [4.69, 9.17) is 0 Å². The van der Waals surface area contributed by atoms with Gasteiger partial charge in [-0.2, -0.15) is 5.10 Å². The number of non-ortho nitro benzene ring substituents is 1. The van der Waals surface area contributed by atoms with Gasteiger partial charge in [-0.3, -0.25) is 14.9 Å². The molecule has 3 aromatic rings. The van der Waals surface area contributed by atoms with Crippen molar-refractivity contribution in [3.63, 3.8) is 0 Å². The Kier molecular flexibility index (Phi) is 4.30. The highest BCUT2D eigenvalue weighted by molar-refractivity contribution is 6.02. The predicted molar refractivity (Wildman–Crippen MR) is 95.8 cm³/mol. The Morgan fingerprint density at radius 1 is 1.20 bits per heavy atom. The number of hydrogen-bond acceptors (Lipinski definition) is 4. The Hall–Kier alpha value is -3.48. The Morgan fingerprint density at radius 2 is 1.88 bits per heavy atom. The molecule has 0 radical (unpaired) electrons. The van der Waals surface area contributed by atoms with Crippen molar-refractivity contribution >= 4 is 28.7 Å². The first-order valence-electron chi connectivity index (χ1n) is 7.61. The zero-order valence-electron chi connectivity index (χ0n) is 13.8. The summed E-state index contributed by atoms with van der Waals surface area (Å²) < 4.78 is 2.06. The topological polar surface area (TPSA) is 89.5 Å². The van der Waals surface area contributed by atoms with Crippen LogP contribution in [-0.2, 0) is 7.05 Å². The fourth-order valence-corrected chi connectivity index (χ4v) is 2.67. The number of nitro groups is 1. The zero-order valence-corrected chi connectivity index (χ0v) is 13.8. The van der Waals surface area contributed by atoms with Gasteiger partial charge in [0.2, 0.25) is 0 Å². The maximum atomic E-state index is 12.1. The van der Waals surface area contributed by atoms with Crippen LogP contribution in [0.3, 0.4) is 0 Å². The molecule has 7 nitrogen and oxygen atoms in total. The van der Waals surface area contributed by atoms with Crippen LogP contribution in [0.25, 0.3) is 10.9 Å². The molecule has 1 heterocycles. The number of carbonyl (C=O) groups is 1. The van der Waals surface area contributed by atoms with Crippen molar-refractivity contribution in [3.05, 3.63) is 75.5 Å². The van der Waals surface area contributed by atoms with Crippen LogP contribution < -0.4 is 5.43 Å². The monoisotopic (exact) mass is 336 g/mol. The third kappa shape index (κ3) is 3.12. The zero-order chi connectivity index (χ0) is 18.0. The average molecular weight is 336 g/mol. The Bertz CT molecular complexity index is 987. The highest BCUT2D eigenvalue weighted by Crippen LogP contribution is 2.23. The molecule has 1 aromatic heterocycles. The van der Waals surface area contributed by atoms with Crippen LogP contribution in [0.4, 0.5) is 5.69 Å². The van der Waals surface area contributed by atoms with Crippen molar-refractivity contribution in [3.8, 4) is 0 Å². The van der Waals surface area contributed by atoms with E-state index in [-0.39, 0.29) is 5.69 Å². The average Bonchev–Trinajstić information content (AvgIpc) is 2.87. The minimum absolute atomic E-state index is 0.0635. The summed E-state index contributed by atoms with van der Waals surface area (Å²) in [5.41, 5.74) is 5.74. The van der Waals surface area contributed by atoms with Crippen molar-refractivity contribution in [2.24, 2.45) is 12.1 Å². The number of hydrogen-bond donors (Lipinski definition) is 1. The second-order valence-corrected chi connectivity index (χ2v) is 5.58. The molecule has 1 amide bonds. The summed E-state index contributed by atoms with van der Waals surface area (Å²) in [6.45, 7) is 1.99. The molecular weight excluding hydrogens is 320 g/mol. The SMILES string of the molecule is Cc1c(/C=N/NC(=O)c2ccc([N+](=O)[O-])cc2)c2ccccc2n1C. The number of hydrazone groups is 1. The summed E-state index contributed by atoms with van der Waals surface area (Å²) in [5, 5.41) is 15.7. The number of fused-ring (bicyclic) bond motifs is 1. The molecule has 0 aliphatic rings. The molecule has 0 unspecified atom stereocenters. The summed E-state index contributed by atoms with van der Waals surface area (Å²) in [7, 11) is 1.98. The van der Waals surface area contributed by atoms with Crippen molar-refractivity contribution in [1.29, 1.82) is 0 Å². The van der Waals surface area contributed by atoms with E-state index >= 15 is 0 Å². The van der Waals surface area contributed by atoms with Crippen LogP contribution in [-0.4, -0.2) is 21.6 Å². The lowest BCUT2D eigenvalue weighted by atomic mass is 10.1. The van der Waals surface area contributed by atoms with Crippen LogP contribution in [0, 0.1) is 17.0 Å². The van der Waals surface area contributed by atoms with Gasteiger partial charge in [-0.05, 0) is 25.1 Å². The van der Waals surface area contributed by atoms with Gasteiger partial charge in [0, 0.05) is 46.9 Å². The van der Waals surface area contributed by atoms with E-state index in [0.29, 0.717) is 5.56 Å². The van der Waals surface area contributed by atoms with Crippen molar-refractivity contribution in [2.45, 2.75) is 6.92 Å². The van der Waals surface area contributed by atoms with E-state index in [1.807, 2.05) is 38.2 Å². The third-order valence-electron chi connectivity index (χ3n) is 4.15. The molecule has 0 saturated heterocycles. The van der Waals surface area contributed by atoms with E-state index in [9.17, 15) is 14.9 Å². The van der Waals surface area contributed by atoms with Crippen LogP contribution in [0.1, 0.15) is 21.6 Å². The lowest BCUT2D eigenvalue weighted by Gasteiger charge is -2.00. The van der Waals surface area contributed by atoms with Gasteiger partial charge < -0.3 is 4.57 Å². The van der Waals surface area contributed by atoms with E-state index in [1.165, 1.54) is 24.3 Å². The first-order valence-corrected chi connectivity index (χ1v) is 7.61. The Morgan fingerprint density at radius 3 is 2.56 bits per heavy atom. The summed E-state index contributed by atoms with van der Waals surface area (Å²) in [6.07, 6.45) is 1.61. The molecule has 0 bridgehead atoms. The van der Waals surface area contributed by atoms with Crippen molar-refractivity contribution < 1.29 is 9.72 Å². The molecule has 1 N–H and O–H groups in total. The standard InChI is InChI=1S/C18H16N4O3/c1-12-16(15-5-3-4-6-17(15)21(12)2)11-19-20-18(23)13-7-9-14(10-8-13)22(24)25/h3-11H,1-2H3,(H,20,23)/b19-11+. The van der Waals surface area contributed by atoms with Gasteiger partial charge in [-0.25, -0.2) is 5.43 Å². The normalized spacial score (nSPS) is 11.1. The molecule has 0 saturated carbocycles. The number of amides is 1. The second-order valence-electron chi connectivity index (χ2n) is 5.58. The number of benzene rings is 2. The predicted octanol–water partition coefficient (Wildman–Crippen LogP) is 3.16. The molecule has 7 heteroatoms. The van der Waals surface area contributed by atoms with Crippen molar-refractivity contribution in [2.75, 3.05) is 0 Å². The molecule has 0 fully saturated rings. The van der Waals surface area contributed by atoms with Gasteiger partial charge >= 0.3 is 0 Å². The highest BCUT2D eigenvalue weighted by Gasteiger charge is 2.11. The number of nitrogens with one attached hydrogen (secondary N) is 1. The number of aromatic nitrogens is 1. The minimum atomic E-state index is -0.511. The smallest absolute Gasteiger partial charge is 0.271 e. The molecule has 126 valence electrons. The Balaban J connectivity index is 1.78. The van der Waals surface area contributed by atoms with Crippen LogP contribution in [0.2, 0.25) is 0 Å². The summed E-state index contributed by atoms with van der Waals surface area (Å²) >= 11 is 0. The van der Waals surface area contributed by atoms with Crippen LogP contribution >= 0.6 is 0 Å². The number of nitrogens with zero attached hydrogens (tertiary/aromatic N) is 3. The quantitative estimate of drug-likeness (QED) is 0.451. The van der Waals surface area contributed by atoms with Gasteiger partial charge in [-0.1, -0.05) is 18.2 Å². The van der Waals surface area contributed by atoms with Gasteiger partial charge in [0.05, 0.1) is 11.1 Å². The number of carbonyl (C=O) groups excluding carboxylic acids is 1. The van der Waals surface area contributed by atoms with E-state index in [1.54, 1.807) is 6.21 Å². The number of para-hydroxylation sites is 1. The summed E-state index contributed by atoms with van der Waals surface area (Å²) in [6, 6.07) is 13.3. The molecule has 0 aliphatic carbocycles. The second kappa shape index (κ2) is 6.56. The van der Waals surface area contributed by atoms with Gasteiger partial charge in [0.25, 0.3) is 11.6 Å². The maximum Gasteiger partial charge on any atom is 0.271 e. The molecule has 0 aliphatic heterocycles. The lowest BCUT2D eigenvalue weighted by Crippen LogP contribution is -2.17. The first kappa shape index (κ1) is 16.4. The number of aryl methyl sites for hydroxylation is 1. The number of nitro benzene ring substituents is 1. The summed E-state index contributed by atoms with van der Waals surface area (Å²) in [4.78, 5) is 22.2. The van der Waals surface area contributed by atoms with Gasteiger partial charge in [0.1, 0.15) is 0 Å². The van der Waals surface area contributed by atoms with E-state index < -0.39 is 10.8 Å². The van der Waals surface area contributed by atoms with E-state index in [0.717, 1.165) is 22.2 Å². The number of rotatable bonds is 4. The molecule has 0 spiro atoms. The van der Waals surface area contributed by atoms with Crippen molar-refractivity contribution in [1.82, 2.24) is 9.99 Å². The molecule has 2 aromatic carbocycles. The molecule has 0 atom stereocenters. The summed E-state index contributed by atoms with van der Waals surface area (Å²) in [5.74, 6) is -0.427. The fourth-order valence-electron chi connectivity index (χ4n) is 2.67. The van der Waals surface area contributed by atoms with E-state index in [2.05, 4.69) is 15.1 Å². The maximum absolute atomic E-state index is 12.1. The van der Waals surface area contributed by atoms with Gasteiger partial charge in [0.15, 0.2) is 0 Å². The van der Waals surface area contributed by atoms with Gasteiger partial charge in [-0.15, -0.1) is 0 Å². The highest BCUT2D eigenvalue weighted by atomic mass is 16.6. The molecule has 25 heavy (non-hydrogen) atoms. The van der Waals surface area contributed by atoms with Crippen LogP contribution in [0.5, 0.6) is 0 Å². The van der Waals surface area contributed by atoms with Crippen LogP contribution in [0.15, 0.2) is 53.6 Å². The molecule has 3 rings (SSSR count). The first-order chi connectivity index (χ1) is 12.0. The Labute approximate surface area is 143 Å².